The molecular weight excluding hydrogens is 446 g/mol. The summed E-state index contributed by atoms with van der Waals surface area (Å²) in [6.45, 7) is 0.0308. The second-order valence-corrected chi connectivity index (χ2v) is 8.25. The molecule has 1 aromatic carbocycles. The van der Waals surface area contributed by atoms with Crippen LogP contribution in [-0.2, 0) is 21.5 Å². The van der Waals surface area contributed by atoms with Crippen LogP contribution < -0.4 is 5.56 Å². The van der Waals surface area contributed by atoms with Crippen molar-refractivity contribution in [3.63, 3.8) is 0 Å². The molecule has 174 valence electrons. The largest absolute Gasteiger partial charge is 0.468 e. The Labute approximate surface area is 191 Å². The number of H-pyrrole nitrogens is 1. The number of nitrogens with zero attached hydrogens (tertiary/aromatic N) is 5. The van der Waals surface area contributed by atoms with E-state index < -0.39 is 28.6 Å². The van der Waals surface area contributed by atoms with Crippen LogP contribution in [0.25, 0.3) is 22.6 Å². The highest BCUT2D eigenvalue weighted by Gasteiger charge is 2.47. The van der Waals surface area contributed by atoms with Crippen LogP contribution >= 0.6 is 0 Å². The Morgan fingerprint density at radius 1 is 1.21 bits per heavy atom. The molecule has 1 N–H and O–H groups in total. The molecule has 0 bridgehead atoms. The summed E-state index contributed by atoms with van der Waals surface area (Å²) >= 11 is 0. The Morgan fingerprint density at radius 2 is 1.97 bits per heavy atom. The molecule has 5 rings (SSSR count). The summed E-state index contributed by atoms with van der Waals surface area (Å²) in [4.78, 5) is 32.3. The first-order valence-electron chi connectivity index (χ1n) is 10.7. The van der Waals surface area contributed by atoms with E-state index in [1.807, 2.05) is 0 Å². The molecule has 0 unspecified atom stereocenters. The van der Waals surface area contributed by atoms with Gasteiger partial charge in [0.1, 0.15) is 28.4 Å². The van der Waals surface area contributed by atoms with Crippen LogP contribution in [0.4, 0.5) is 8.78 Å². The number of aromatic nitrogens is 6. The predicted molar refractivity (Wildman–Crippen MR) is 117 cm³/mol. The van der Waals surface area contributed by atoms with E-state index in [-0.39, 0.29) is 34.8 Å². The summed E-state index contributed by atoms with van der Waals surface area (Å²) in [5, 5.41) is 12.9. The van der Waals surface area contributed by atoms with Gasteiger partial charge in [-0.3, -0.25) is 9.59 Å². The topological polar surface area (TPSA) is 116 Å². The highest BCUT2D eigenvalue weighted by Crippen LogP contribution is 2.40. The van der Waals surface area contributed by atoms with E-state index >= 15 is 0 Å². The molecule has 0 spiro atoms. The van der Waals surface area contributed by atoms with E-state index in [4.69, 9.17) is 4.74 Å². The lowest BCUT2D eigenvalue weighted by Gasteiger charge is -2.23. The molecule has 3 heterocycles. The van der Waals surface area contributed by atoms with Crippen LogP contribution in [0.1, 0.15) is 36.9 Å². The van der Waals surface area contributed by atoms with Gasteiger partial charge < -0.3 is 9.72 Å². The van der Waals surface area contributed by atoms with Crippen molar-refractivity contribution in [1.82, 2.24) is 29.9 Å². The number of aromatic amines is 1. The Bertz CT molecular complexity index is 1460. The van der Waals surface area contributed by atoms with Crippen molar-refractivity contribution in [3.05, 3.63) is 69.8 Å². The lowest BCUT2D eigenvalue weighted by Crippen LogP contribution is -2.40. The molecule has 1 aliphatic carbocycles. The van der Waals surface area contributed by atoms with E-state index in [0.717, 1.165) is 19.0 Å². The number of halogens is 2. The fourth-order valence-electron chi connectivity index (χ4n) is 4.58. The maximum absolute atomic E-state index is 14.2. The van der Waals surface area contributed by atoms with Gasteiger partial charge in [-0.05, 0) is 25.0 Å². The lowest BCUT2D eigenvalue weighted by molar-refractivity contribution is -0.147. The second-order valence-electron chi connectivity index (χ2n) is 8.25. The van der Waals surface area contributed by atoms with Crippen LogP contribution in [0.2, 0.25) is 0 Å². The normalized spacial score (nSPS) is 15.0. The van der Waals surface area contributed by atoms with E-state index in [1.54, 1.807) is 18.2 Å². The molecule has 34 heavy (non-hydrogen) atoms. The highest BCUT2D eigenvalue weighted by molar-refractivity contribution is 5.89. The first-order chi connectivity index (χ1) is 16.4. The van der Waals surface area contributed by atoms with Gasteiger partial charge in [0, 0.05) is 5.56 Å². The van der Waals surface area contributed by atoms with Crippen molar-refractivity contribution in [3.8, 4) is 11.5 Å². The molecule has 0 atom stereocenters. The highest BCUT2D eigenvalue weighted by atomic mass is 19.1. The van der Waals surface area contributed by atoms with Crippen molar-refractivity contribution in [2.75, 3.05) is 7.11 Å². The van der Waals surface area contributed by atoms with Gasteiger partial charge in [-0.1, -0.05) is 31.0 Å². The number of carbonyl (C=O) groups excluding carboxylic acids is 1. The summed E-state index contributed by atoms with van der Waals surface area (Å²) in [7, 11) is 1.27. The zero-order valence-electron chi connectivity index (χ0n) is 18.2. The van der Waals surface area contributed by atoms with Gasteiger partial charge in [-0.2, -0.15) is 5.10 Å². The monoisotopic (exact) mass is 466 g/mol. The van der Waals surface area contributed by atoms with Crippen LogP contribution in [0.15, 0.2) is 41.3 Å². The Balaban J connectivity index is 1.62. The van der Waals surface area contributed by atoms with Crippen LogP contribution in [0, 0.1) is 11.6 Å². The summed E-state index contributed by atoms with van der Waals surface area (Å²) < 4.78 is 34.6. The van der Waals surface area contributed by atoms with E-state index in [2.05, 4.69) is 25.3 Å². The number of hydrogen-bond acceptors (Lipinski definition) is 7. The number of carbonyl (C=O) groups is 1. The Hall–Kier alpha value is -4.02. The van der Waals surface area contributed by atoms with E-state index in [0.29, 0.717) is 18.4 Å². The zero-order valence-corrected chi connectivity index (χ0v) is 18.2. The quantitative estimate of drug-likeness (QED) is 0.450. The molecule has 4 aromatic rings. The van der Waals surface area contributed by atoms with Crippen molar-refractivity contribution < 1.29 is 18.3 Å². The zero-order chi connectivity index (χ0) is 23.9. The minimum Gasteiger partial charge on any atom is -0.468 e. The van der Waals surface area contributed by atoms with Gasteiger partial charge >= 0.3 is 5.97 Å². The van der Waals surface area contributed by atoms with Crippen LogP contribution in [-0.4, -0.2) is 43.0 Å². The fourth-order valence-corrected chi connectivity index (χ4v) is 4.58. The van der Waals surface area contributed by atoms with Gasteiger partial charge in [-0.15, -0.1) is 10.2 Å². The van der Waals surface area contributed by atoms with Crippen molar-refractivity contribution >= 4 is 17.0 Å². The molecule has 0 aliphatic heterocycles. The maximum Gasteiger partial charge on any atom is 0.318 e. The number of rotatable bonds is 5. The third kappa shape index (κ3) is 3.53. The Kier molecular flexibility index (Phi) is 5.39. The number of ether oxygens (including phenoxy) is 1. The molecule has 1 aliphatic rings. The lowest BCUT2D eigenvalue weighted by atomic mass is 9.83. The standard InChI is InChI=1S/C23H20F2N6O3/c1-34-22(33)23(8-4-5-9-23)18-21(32)27-19(29-28-18)17-15-10-14(24)11-26-20(15)31(30-17)12-13-6-2-3-7-16(13)25/h2-3,6-7,10-11H,4-5,8-9,12H2,1H3,(H,27,29,32). The number of benzene rings is 1. The number of esters is 1. The first-order valence-corrected chi connectivity index (χ1v) is 10.7. The van der Waals surface area contributed by atoms with Gasteiger partial charge in [0.25, 0.3) is 5.56 Å². The van der Waals surface area contributed by atoms with Crippen molar-refractivity contribution in [2.24, 2.45) is 0 Å². The molecule has 0 saturated heterocycles. The summed E-state index contributed by atoms with van der Waals surface area (Å²) in [6.07, 6.45) is 3.42. The third-order valence-corrected chi connectivity index (χ3v) is 6.24. The number of methoxy groups -OCH3 is 1. The number of pyridine rings is 1. The summed E-state index contributed by atoms with van der Waals surface area (Å²) in [5.41, 5.74) is -0.978. The van der Waals surface area contributed by atoms with Crippen LogP contribution in [0.5, 0.6) is 0 Å². The Morgan fingerprint density at radius 3 is 2.68 bits per heavy atom. The minimum atomic E-state index is -1.15. The van der Waals surface area contributed by atoms with Gasteiger partial charge in [0.15, 0.2) is 11.5 Å². The molecular formula is C23H20F2N6O3. The predicted octanol–water partition coefficient (Wildman–Crippen LogP) is 2.89. The molecule has 0 radical (unpaired) electrons. The average molecular weight is 466 g/mol. The molecule has 1 saturated carbocycles. The average Bonchev–Trinajstić information content (AvgIpc) is 3.46. The van der Waals surface area contributed by atoms with Crippen LogP contribution in [0.3, 0.4) is 0 Å². The number of nitrogens with one attached hydrogen (secondary N) is 1. The minimum absolute atomic E-state index is 0.0139. The summed E-state index contributed by atoms with van der Waals surface area (Å²) in [5.74, 6) is -1.57. The molecule has 3 aromatic heterocycles. The molecule has 0 amide bonds. The maximum atomic E-state index is 14.2. The SMILES string of the molecule is COC(=O)C1(c2nnc(-c3nn(Cc4ccccc4F)c4ncc(F)cc34)[nH]c2=O)CCCC1. The van der Waals surface area contributed by atoms with Crippen molar-refractivity contribution in [1.29, 1.82) is 0 Å². The smallest absolute Gasteiger partial charge is 0.318 e. The number of fused-ring (bicyclic) bond motifs is 1. The second kappa shape index (κ2) is 8.40. The van der Waals surface area contributed by atoms with Gasteiger partial charge in [0.2, 0.25) is 0 Å². The number of hydrogen-bond donors (Lipinski definition) is 1. The van der Waals surface area contributed by atoms with Gasteiger partial charge in [0.05, 0.1) is 25.2 Å². The van der Waals surface area contributed by atoms with E-state index in [9.17, 15) is 18.4 Å². The van der Waals surface area contributed by atoms with E-state index in [1.165, 1.54) is 23.9 Å². The third-order valence-electron chi connectivity index (χ3n) is 6.24. The fraction of sp³-hybridized carbons (Fsp3) is 0.304. The summed E-state index contributed by atoms with van der Waals surface area (Å²) in [6, 6.07) is 7.42. The molecule has 11 heteroatoms. The molecule has 9 nitrogen and oxygen atoms in total. The van der Waals surface area contributed by atoms with Crippen molar-refractivity contribution in [2.45, 2.75) is 37.6 Å². The van der Waals surface area contributed by atoms with Gasteiger partial charge in [-0.25, -0.2) is 18.4 Å². The molecule has 1 fully saturated rings. The first kappa shape index (κ1) is 21.8.